The fourth-order valence-electron chi connectivity index (χ4n) is 6.13. The van der Waals surface area contributed by atoms with Gasteiger partial charge in [0.2, 0.25) is 0 Å². The monoisotopic (exact) mass is 545 g/mol. The summed E-state index contributed by atoms with van der Waals surface area (Å²) in [5.41, 5.74) is 10.4. The van der Waals surface area contributed by atoms with E-state index < -0.39 is 5.41 Å². The van der Waals surface area contributed by atoms with Crippen LogP contribution in [0.5, 0.6) is 0 Å². The predicted molar refractivity (Wildman–Crippen MR) is 181 cm³/mol. The summed E-state index contributed by atoms with van der Waals surface area (Å²) in [6, 6.07) is 28.8. The zero-order chi connectivity index (χ0) is 29.4. The van der Waals surface area contributed by atoms with Crippen LogP contribution in [0.2, 0.25) is 0 Å². The van der Waals surface area contributed by atoms with Gasteiger partial charge in [-0.2, -0.15) is 0 Å². The van der Waals surface area contributed by atoms with Crippen molar-refractivity contribution in [3.8, 4) is 11.1 Å². The largest absolute Gasteiger partial charge is 0.324 e. The standard InChI is InChI=1S/C41H39N/c1-5-7-8-12-23-36(19-6-2)42-30-18-17-20-32(3)33(4)28-29-35(31-42)41(34-21-10-9-11-22-34)39-26-15-13-24-37(39)38-25-14-16-27-40(38)41/h5,7-27,30-31H,1,3-4,6,28-29H2,2H3/b8-7+,20-17-,23-12+,30-18-,35-31+,36-19+. The van der Waals surface area contributed by atoms with Crippen LogP contribution < -0.4 is 0 Å². The molecule has 1 heteroatoms. The molecule has 1 aliphatic carbocycles. The highest BCUT2D eigenvalue weighted by Crippen LogP contribution is 2.57. The second-order valence-corrected chi connectivity index (χ2v) is 10.6. The van der Waals surface area contributed by atoms with Gasteiger partial charge in [-0.25, -0.2) is 0 Å². The highest BCUT2D eigenvalue weighted by molar-refractivity contribution is 5.86. The van der Waals surface area contributed by atoms with Crippen molar-refractivity contribution in [2.24, 2.45) is 0 Å². The van der Waals surface area contributed by atoms with Crippen molar-refractivity contribution in [3.63, 3.8) is 0 Å². The Morgan fingerprint density at radius 3 is 2.14 bits per heavy atom. The molecule has 42 heavy (non-hydrogen) atoms. The van der Waals surface area contributed by atoms with Crippen molar-refractivity contribution in [1.82, 2.24) is 4.90 Å². The smallest absolute Gasteiger partial charge is 0.0690 e. The molecule has 3 aromatic carbocycles. The van der Waals surface area contributed by atoms with E-state index in [1.54, 1.807) is 6.08 Å². The summed E-state index contributed by atoms with van der Waals surface area (Å²) in [7, 11) is 0. The summed E-state index contributed by atoms with van der Waals surface area (Å²) in [5, 5.41) is 0. The topological polar surface area (TPSA) is 3.24 Å². The maximum atomic E-state index is 4.43. The number of benzene rings is 3. The van der Waals surface area contributed by atoms with E-state index in [1.807, 2.05) is 12.2 Å². The fraction of sp³-hybridized carbons (Fsp3) is 0.122. The lowest BCUT2D eigenvalue weighted by Crippen LogP contribution is -2.31. The Morgan fingerprint density at radius 1 is 0.810 bits per heavy atom. The van der Waals surface area contributed by atoms with Gasteiger partial charge in [0.1, 0.15) is 0 Å². The summed E-state index contributed by atoms with van der Waals surface area (Å²) < 4.78 is 0. The van der Waals surface area contributed by atoms with Crippen LogP contribution in [0.1, 0.15) is 42.9 Å². The van der Waals surface area contributed by atoms with Gasteiger partial charge in [-0.1, -0.05) is 148 Å². The lowest BCUT2D eigenvalue weighted by atomic mass is 9.66. The van der Waals surface area contributed by atoms with E-state index in [4.69, 9.17) is 0 Å². The molecule has 2 aliphatic rings. The van der Waals surface area contributed by atoms with Gasteiger partial charge in [-0.15, -0.1) is 0 Å². The minimum Gasteiger partial charge on any atom is -0.324 e. The molecule has 0 saturated carbocycles. The maximum Gasteiger partial charge on any atom is 0.0690 e. The molecular weight excluding hydrogens is 506 g/mol. The van der Waals surface area contributed by atoms with Crippen LogP contribution in [0.4, 0.5) is 0 Å². The average Bonchev–Trinajstić information content (AvgIpc) is 3.31. The summed E-state index contributed by atoms with van der Waals surface area (Å²) in [6.07, 6.45) is 25.5. The van der Waals surface area contributed by atoms with Crippen molar-refractivity contribution in [3.05, 3.63) is 205 Å². The third-order valence-corrected chi connectivity index (χ3v) is 8.08. The zero-order valence-electron chi connectivity index (χ0n) is 24.5. The molecule has 1 heterocycles. The van der Waals surface area contributed by atoms with Crippen LogP contribution in [-0.4, -0.2) is 4.90 Å². The number of allylic oxidation sites excluding steroid dienone is 12. The molecular formula is C41H39N. The van der Waals surface area contributed by atoms with Gasteiger partial charge in [-0.05, 0) is 76.0 Å². The van der Waals surface area contributed by atoms with Gasteiger partial charge in [0.15, 0.2) is 0 Å². The first kappa shape index (κ1) is 28.6. The molecule has 0 fully saturated rings. The maximum absolute atomic E-state index is 4.43. The summed E-state index contributed by atoms with van der Waals surface area (Å²) in [4.78, 5) is 2.27. The second-order valence-electron chi connectivity index (χ2n) is 10.6. The van der Waals surface area contributed by atoms with Gasteiger partial charge in [0.05, 0.1) is 5.41 Å². The van der Waals surface area contributed by atoms with Gasteiger partial charge >= 0.3 is 0 Å². The van der Waals surface area contributed by atoms with Crippen molar-refractivity contribution in [1.29, 1.82) is 0 Å². The summed E-state index contributed by atoms with van der Waals surface area (Å²) in [5.74, 6) is 0. The van der Waals surface area contributed by atoms with Gasteiger partial charge in [-0.3, -0.25) is 0 Å². The molecule has 1 nitrogen and oxygen atoms in total. The van der Waals surface area contributed by atoms with E-state index in [-0.39, 0.29) is 0 Å². The van der Waals surface area contributed by atoms with Crippen molar-refractivity contribution in [2.45, 2.75) is 31.6 Å². The quantitative estimate of drug-likeness (QED) is 0.267. The van der Waals surface area contributed by atoms with Crippen LogP contribution in [-0.2, 0) is 5.41 Å². The second kappa shape index (κ2) is 13.2. The van der Waals surface area contributed by atoms with Gasteiger partial charge in [0, 0.05) is 18.1 Å². The molecule has 0 unspecified atom stereocenters. The van der Waals surface area contributed by atoms with E-state index in [9.17, 15) is 0 Å². The Balaban J connectivity index is 1.83. The number of hydrogen-bond acceptors (Lipinski definition) is 1. The SMILES string of the molecule is C=C/C=C/C=C/C(=C\CC)N1/C=C\C=C/C(=C)C(=C)CC/C(C2(c3ccccc3)c3ccccc3-c3ccccc32)=C\1. The average molecular weight is 546 g/mol. The number of rotatable bonds is 7. The molecule has 0 saturated heterocycles. The molecule has 0 radical (unpaired) electrons. The number of fused-ring (bicyclic) bond motifs is 3. The Morgan fingerprint density at radius 2 is 1.48 bits per heavy atom. The lowest BCUT2D eigenvalue weighted by molar-refractivity contribution is 0.599. The van der Waals surface area contributed by atoms with Crippen molar-refractivity contribution in [2.75, 3.05) is 0 Å². The van der Waals surface area contributed by atoms with E-state index in [2.05, 4.69) is 159 Å². The highest BCUT2D eigenvalue weighted by atomic mass is 15.1. The van der Waals surface area contributed by atoms with Gasteiger partial charge < -0.3 is 4.90 Å². The molecule has 3 aromatic rings. The summed E-state index contributed by atoms with van der Waals surface area (Å²) in [6.45, 7) is 14.7. The number of nitrogens with zero attached hydrogens (tertiary/aromatic N) is 1. The third-order valence-electron chi connectivity index (χ3n) is 8.08. The Bertz CT molecular complexity index is 1610. The summed E-state index contributed by atoms with van der Waals surface area (Å²) >= 11 is 0. The Labute approximate surface area is 251 Å². The molecule has 0 amide bonds. The molecule has 0 spiro atoms. The van der Waals surface area contributed by atoms with Gasteiger partial charge in [0.25, 0.3) is 0 Å². The van der Waals surface area contributed by atoms with Crippen molar-refractivity contribution >= 4 is 0 Å². The van der Waals surface area contributed by atoms with E-state index in [1.165, 1.54) is 33.4 Å². The van der Waals surface area contributed by atoms with Crippen LogP contribution in [0.15, 0.2) is 188 Å². The predicted octanol–water partition coefficient (Wildman–Crippen LogP) is 10.8. The minimum atomic E-state index is -0.465. The first-order valence-corrected chi connectivity index (χ1v) is 14.7. The van der Waals surface area contributed by atoms with E-state index in [0.717, 1.165) is 36.1 Å². The lowest BCUT2D eigenvalue weighted by Gasteiger charge is -2.37. The van der Waals surface area contributed by atoms with Crippen LogP contribution in [0.25, 0.3) is 11.1 Å². The number of hydrogen-bond donors (Lipinski definition) is 0. The fourth-order valence-corrected chi connectivity index (χ4v) is 6.13. The molecule has 0 bridgehead atoms. The van der Waals surface area contributed by atoms with Crippen LogP contribution in [0.3, 0.4) is 0 Å². The Hall–Kier alpha value is -4.88. The molecule has 0 aromatic heterocycles. The van der Waals surface area contributed by atoms with Crippen molar-refractivity contribution < 1.29 is 0 Å². The molecule has 1 aliphatic heterocycles. The molecule has 0 N–H and O–H groups in total. The molecule has 208 valence electrons. The first-order valence-electron chi connectivity index (χ1n) is 14.7. The van der Waals surface area contributed by atoms with E-state index >= 15 is 0 Å². The van der Waals surface area contributed by atoms with Crippen LogP contribution in [0, 0.1) is 0 Å². The zero-order valence-corrected chi connectivity index (χ0v) is 24.5. The minimum absolute atomic E-state index is 0.465. The highest BCUT2D eigenvalue weighted by Gasteiger charge is 2.47. The van der Waals surface area contributed by atoms with E-state index in [0.29, 0.717) is 0 Å². The Kier molecular flexibility index (Phi) is 8.99. The third kappa shape index (κ3) is 5.51. The molecule has 0 atom stereocenters. The molecule has 5 rings (SSSR count). The first-order chi connectivity index (χ1) is 20.6. The van der Waals surface area contributed by atoms with Crippen LogP contribution >= 0.6 is 0 Å². The normalized spacial score (nSPS) is 19.6.